The smallest absolute Gasteiger partial charge is 0.114 e. The summed E-state index contributed by atoms with van der Waals surface area (Å²) in [5.74, 6) is 0.855. The Balaban J connectivity index is 1.38. The average Bonchev–Trinajstić information content (AvgIpc) is 3.00. The minimum Gasteiger partial charge on any atom is -0.370 e. The number of thiazole rings is 1. The maximum absolute atomic E-state index is 5.90. The highest BCUT2D eigenvalue weighted by molar-refractivity contribution is 7.09. The van der Waals surface area contributed by atoms with Crippen LogP contribution in [-0.4, -0.2) is 27.9 Å². The number of fused-ring (bicyclic) bond motifs is 1. The van der Waals surface area contributed by atoms with Crippen molar-refractivity contribution in [3.8, 4) is 0 Å². The van der Waals surface area contributed by atoms with Crippen LogP contribution >= 0.6 is 11.3 Å². The van der Waals surface area contributed by atoms with Crippen LogP contribution in [0, 0.1) is 5.92 Å². The Morgan fingerprint density at radius 2 is 2.38 bits per heavy atom. The zero-order chi connectivity index (χ0) is 14.1. The molecule has 112 valence electrons. The van der Waals surface area contributed by atoms with Crippen molar-refractivity contribution in [3.63, 3.8) is 0 Å². The van der Waals surface area contributed by atoms with Crippen LogP contribution in [0.2, 0.25) is 0 Å². The maximum atomic E-state index is 5.90. The van der Waals surface area contributed by atoms with Crippen LogP contribution in [0.4, 0.5) is 0 Å². The lowest BCUT2D eigenvalue weighted by atomic mass is 10.1. The van der Waals surface area contributed by atoms with Gasteiger partial charge in [0.05, 0.1) is 12.3 Å². The molecule has 0 aromatic carbocycles. The van der Waals surface area contributed by atoms with E-state index in [1.165, 1.54) is 18.4 Å². The molecule has 1 aliphatic heterocycles. The summed E-state index contributed by atoms with van der Waals surface area (Å²) in [5.41, 5.74) is 2.50. The first kappa shape index (κ1) is 13.4. The van der Waals surface area contributed by atoms with Gasteiger partial charge >= 0.3 is 0 Å². The Bertz CT molecular complexity index is 591. The third-order valence-corrected chi connectivity index (χ3v) is 4.88. The molecule has 1 saturated carbocycles. The quantitative estimate of drug-likeness (QED) is 0.888. The number of ether oxygens (including phenoxy) is 1. The van der Waals surface area contributed by atoms with Gasteiger partial charge in [0, 0.05) is 37.4 Å². The van der Waals surface area contributed by atoms with E-state index in [1.807, 2.05) is 11.6 Å². The SMILES string of the molecule is c1csc(CNC[C@@H]2OCCc3cn(CC4CC4)nc32)n1. The number of hydrogen-bond donors (Lipinski definition) is 1. The van der Waals surface area contributed by atoms with E-state index >= 15 is 0 Å². The molecule has 1 aliphatic carbocycles. The van der Waals surface area contributed by atoms with Crippen molar-refractivity contribution in [1.29, 1.82) is 0 Å². The standard InChI is InChI=1S/C15H20N4OS/c1-2-11(1)9-19-10-12-3-5-20-13(15(12)18-19)7-16-8-14-17-4-6-21-14/h4,6,10-11,13,16H,1-3,5,7-9H2/t13-/m0/s1. The van der Waals surface area contributed by atoms with Gasteiger partial charge in [0.15, 0.2) is 0 Å². The minimum absolute atomic E-state index is 0.0779. The van der Waals surface area contributed by atoms with Gasteiger partial charge in [-0.15, -0.1) is 11.3 Å². The fraction of sp³-hybridized carbons (Fsp3) is 0.600. The molecule has 2 aromatic heterocycles. The molecule has 0 radical (unpaired) electrons. The van der Waals surface area contributed by atoms with Gasteiger partial charge in [-0.3, -0.25) is 4.68 Å². The van der Waals surface area contributed by atoms with Gasteiger partial charge in [0.25, 0.3) is 0 Å². The molecule has 3 heterocycles. The number of nitrogens with one attached hydrogen (secondary N) is 1. The molecule has 0 saturated heterocycles. The summed E-state index contributed by atoms with van der Waals surface area (Å²) in [5, 5.41) is 11.3. The molecule has 1 atom stereocenters. The summed E-state index contributed by atoms with van der Waals surface area (Å²) in [6, 6.07) is 0. The second kappa shape index (κ2) is 5.87. The van der Waals surface area contributed by atoms with E-state index in [1.54, 1.807) is 11.3 Å². The lowest BCUT2D eigenvalue weighted by molar-refractivity contribution is 0.0392. The van der Waals surface area contributed by atoms with Crippen LogP contribution in [0.25, 0.3) is 0 Å². The maximum Gasteiger partial charge on any atom is 0.114 e. The topological polar surface area (TPSA) is 52.0 Å². The molecule has 5 nitrogen and oxygen atoms in total. The highest BCUT2D eigenvalue weighted by atomic mass is 32.1. The second-order valence-electron chi connectivity index (χ2n) is 5.87. The molecule has 0 spiro atoms. The molecule has 1 N–H and O–H groups in total. The Kier molecular flexibility index (Phi) is 3.75. The van der Waals surface area contributed by atoms with E-state index in [4.69, 9.17) is 9.84 Å². The van der Waals surface area contributed by atoms with Crippen molar-refractivity contribution in [1.82, 2.24) is 20.1 Å². The first-order valence-electron chi connectivity index (χ1n) is 7.65. The summed E-state index contributed by atoms with van der Waals surface area (Å²) < 4.78 is 8.03. The molecule has 21 heavy (non-hydrogen) atoms. The monoisotopic (exact) mass is 304 g/mol. The van der Waals surface area contributed by atoms with E-state index in [-0.39, 0.29) is 6.10 Å². The number of hydrogen-bond acceptors (Lipinski definition) is 5. The van der Waals surface area contributed by atoms with Crippen molar-refractivity contribution in [2.24, 2.45) is 5.92 Å². The fourth-order valence-corrected chi connectivity index (χ4v) is 3.38. The fourth-order valence-electron chi connectivity index (χ4n) is 2.80. The normalized spacial score (nSPS) is 21.4. The number of nitrogens with zero attached hydrogens (tertiary/aromatic N) is 3. The van der Waals surface area contributed by atoms with Gasteiger partial charge in [-0.25, -0.2) is 4.98 Å². The molecular weight excluding hydrogens is 284 g/mol. The van der Waals surface area contributed by atoms with Gasteiger partial charge in [-0.2, -0.15) is 5.10 Å². The molecule has 0 bridgehead atoms. The second-order valence-corrected chi connectivity index (χ2v) is 6.85. The molecule has 2 aromatic rings. The van der Waals surface area contributed by atoms with Crippen molar-refractivity contribution in [3.05, 3.63) is 34.0 Å². The molecule has 0 unspecified atom stereocenters. The van der Waals surface area contributed by atoms with E-state index in [2.05, 4.69) is 21.2 Å². The van der Waals surface area contributed by atoms with Gasteiger partial charge in [-0.05, 0) is 30.7 Å². The molecule has 4 rings (SSSR count). The molecule has 2 aliphatic rings. The first-order chi connectivity index (χ1) is 10.4. The summed E-state index contributed by atoms with van der Waals surface area (Å²) in [7, 11) is 0. The largest absolute Gasteiger partial charge is 0.370 e. The third kappa shape index (κ3) is 3.17. The number of aromatic nitrogens is 3. The van der Waals surface area contributed by atoms with Crippen molar-refractivity contribution in [2.45, 2.75) is 38.5 Å². The van der Waals surface area contributed by atoms with E-state index in [0.717, 1.165) is 49.3 Å². The third-order valence-electron chi connectivity index (χ3n) is 4.10. The van der Waals surface area contributed by atoms with E-state index in [0.29, 0.717) is 0 Å². The number of rotatable bonds is 6. The minimum atomic E-state index is 0.0779. The Labute approximate surface area is 128 Å². The van der Waals surface area contributed by atoms with Crippen molar-refractivity contribution in [2.75, 3.05) is 13.2 Å². The summed E-state index contributed by atoms with van der Waals surface area (Å²) >= 11 is 1.68. The van der Waals surface area contributed by atoms with Crippen LogP contribution < -0.4 is 5.32 Å². The molecular formula is C15H20N4OS. The predicted molar refractivity (Wildman–Crippen MR) is 81.2 cm³/mol. The van der Waals surface area contributed by atoms with E-state index in [9.17, 15) is 0 Å². The lowest BCUT2D eigenvalue weighted by Gasteiger charge is -2.22. The summed E-state index contributed by atoms with van der Waals surface area (Å²) in [4.78, 5) is 4.28. The van der Waals surface area contributed by atoms with Gasteiger partial charge < -0.3 is 10.1 Å². The van der Waals surface area contributed by atoms with Crippen LogP contribution in [-0.2, 0) is 24.2 Å². The van der Waals surface area contributed by atoms with Crippen LogP contribution in [0.15, 0.2) is 17.8 Å². The summed E-state index contributed by atoms with van der Waals surface area (Å²) in [6.45, 7) is 3.47. The molecule has 6 heteroatoms. The van der Waals surface area contributed by atoms with Crippen LogP contribution in [0.5, 0.6) is 0 Å². The zero-order valence-corrected chi connectivity index (χ0v) is 12.8. The highest BCUT2D eigenvalue weighted by Gasteiger charge is 2.27. The molecule has 0 amide bonds. The average molecular weight is 304 g/mol. The highest BCUT2D eigenvalue weighted by Crippen LogP contribution is 2.32. The van der Waals surface area contributed by atoms with Gasteiger partial charge in [0.2, 0.25) is 0 Å². The van der Waals surface area contributed by atoms with Crippen molar-refractivity contribution >= 4 is 11.3 Å². The van der Waals surface area contributed by atoms with Gasteiger partial charge in [0.1, 0.15) is 11.1 Å². The van der Waals surface area contributed by atoms with Crippen LogP contribution in [0.1, 0.15) is 35.2 Å². The van der Waals surface area contributed by atoms with E-state index < -0.39 is 0 Å². The van der Waals surface area contributed by atoms with Crippen molar-refractivity contribution < 1.29 is 4.74 Å². The van der Waals surface area contributed by atoms with Crippen LogP contribution in [0.3, 0.4) is 0 Å². The summed E-state index contributed by atoms with van der Waals surface area (Å²) in [6.07, 6.45) is 7.86. The predicted octanol–water partition coefficient (Wildman–Crippen LogP) is 2.15. The Morgan fingerprint density at radius 3 is 3.19 bits per heavy atom. The van der Waals surface area contributed by atoms with Gasteiger partial charge in [-0.1, -0.05) is 0 Å². The Morgan fingerprint density at radius 1 is 1.43 bits per heavy atom. The first-order valence-corrected chi connectivity index (χ1v) is 8.53. The molecule has 1 fully saturated rings. The lowest BCUT2D eigenvalue weighted by Crippen LogP contribution is -2.27. The Hall–Kier alpha value is -1.24. The zero-order valence-electron chi connectivity index (χ0n) is 12.0.